The van der Waals surface area contributed by atoms with Crippen molar-refractivity contribution in [1.29, 1.82) is 0 Å². The predicted octanol–water partition coefficient (Wildman–Crippen LogP) is 3.49. The van der Waals surface area contributed by atoms with Crippen LogP contribution >= 0.6 is 0 Å². The summed E-state index contributed by atoms with van der Waals surface area (Å²) < 4.78 is 0. The van der Waals surface area contributed by atoms with Crippen molar-refractivity contribution >= 4 is 5.78 Å². The van der Waals surface area contributed by atoms with Gasteiger partial charge in [0.2, 0.25) is 0 Å². The molecule has 0 bridgehead atoms. The third-order valence-corrected chi connectivity index (χ3v) is 4.70. The van der Waals surface area contributed by atoms with Crippen molar-refractivity contribution in [2.75, 3.05) is 0 Å². The molecular formula is C14H20O. The largest absolute Gasteiger partial charge is 0.299 e. The Morgan fingerprint density at radius 3 is 2.93 bits per heavy atom. The van der Waals surface area contributed by atoms with Crippen LogP contribution in [0.25, 0.3) is 0 Å². The molecule has 2 fully saturated rings. The van der Waals surface area contributed by atoms with Crippen molar-refractivity contribution in [3.8, 4) is 0 Å². The van der Waals surface area contributed by atoms with Gasteiger partial charge < -0.3 is 0 Å². The van der Waals surface area contributed by atoms with Gasteiger partial charge in [0, 0.05) is 12.3 Å². The minimum absolute atomic E-state index is 0.430. The second kappa shape index (κ2) is 3.77. The Kier molecular flexibility index (Phi) is 2.42. The summed E-state index contributed by atoms with van der Waals surface area (Å²) >= 11 is 0. The van der Waals surface area contributed by atoms with E-state index in [0.29, 0.717) is 23.5 Å². The van der Waals surface area contributed by atoms with Crippen LogP contribution in [0.2, 0.25) is 0 Å². The lowest BCUT2D eigenvalue weighted by atomic mass is 9.61. The summed E-state index contributed by atoms with van der Waals surface area (Å²) in [5.74, 6) is 2.38. The van der Waals surface area contributed by atoms with Crippen molar-refractivity contribution in [3.63, 3.8) is 0 Å². The van der Waals surface area contributed by atoms with Gasteiger partial charge in [0.1, 0.15) is 5.78 Å². The van der Waals surface area contributed by atoms with Crippen molar-refractivity contribution < 1.29 is 4.79 Å². The molecule has 1 heteroatoms. The topological polar surface area (TPSA) is 17.1 Å². The molecule has 0 unspecified atom stereocenters. The average Bonchev–Trinajstić information content (AvgIpc) is 2.29. The minimum Gasteiger partial charge on any atom is -0.299 e. The van der Waals surface area contributed by atoms with Gasteiger partial charge in [-0.3, -0.25) is 4.79 Å². The summed E-state index contributed by atoms with van der Waals surface area (Å²) in [6.07, 6.45) is 12.3. The van der Waals surface area contributed by atoms with E-state index in [2.05, 4.69) is 6.08 Å². The van der Waals surface area contributed by atoms with Crippen LogP contribution in [0.4, 0.5) is 0 Å². The lowest BCUT2D eigenvalue weighted by molar-refractivity contribution is -0.129. The molecular weight excluding hydrogens is 184 g/mol. The zero-order chi connectivity index (χ0) is 10.3. The summed E-state index contributed by atoms with van der Waals surface area (Å²) in [6, 6.07) is 0. The Morgan fingerprint density at radius 2 is 2.00 bits per heavy atom. The molecule has 1 nitrogen and oxygen atoms in total. The first-order valence-electron chi connectivity index (χ1n) is 6.58. The molecule has 0 amide bonds. The van der Waals surface area contributed by atoms with E-state index >= 15 is 0 Å². The monoisotopic (exact) mass is 204 g/mol. The van der Waals surface area contributed by atoms with Gasteiger partial charge in [-0.05, 0) is 50.4 Å². The van der Waals surface area contributed by atoms with Gasteiger partial charge in [-0.25, -0.2) is 0 Å². The number of rotatable bonds is 0. The van der Waals surface area contributed by atoms with Crippen LogP contribution in [-0.4, -0.2) is 5.78 Å². The zero-order valence-electron chi connectivity index (χ0n) is 9.37. The van der Waals surface area contributed by atoms with Crippen LogP contribution in [-0.2, 0) is 4.79 Å². The zero-order valence-corrected chi connectivity index (χ0v) is 9.37. The maximum absolute atomic E-state index is 12.1. The lowest BCUT2D eigenvalue weighted by Gasteiger charge is -2.42. The Balaban J connectivity index is 1.89. The van der Waals surface area contributed by atoms with Crippen LogP contribution < -0.4 is 0 Å². The summed E-state index contributed by atoms with van der Waals surface area (Å²) in [5, 5.41) is 0. The molecule has 0 radical (unpaired) electrons. The lowest BCUT2D eigenvalue weighted by Crippen LogP contribution is -2.38. The third kappa shape index (κ3) is 1.56. The smallest absolute Gasteiger partial charge is 0.136 e. The first-order chi connectivity index (χ1) is 7.36. The van der Waals surface area contributed by atoms with E-state index in [-0.39, 0.29) is 0 Å². The number of ketones is 1. The Hall–Kier alpha value is -0.590. The number of carbonyl (C=O) groups is 1. The average molecular weight is 204 g/mol. The highest BCUT2D eigenvalue weighted by atomic mass is 16.1. The van der Waals surface area contributed by atoms with Gasteiger partial charge in [0.25, 0.3) is 0 Å². The van der Waals surface area contributed by atoms with Gasteiger partial charge in [0.05, 0.1) is 0 Å². The summed E-state index contributed by atoms with van der Waals surface area (Å²) in [4.78, 5) is 12.1. The van der Waals surface area contributed by atoms with E-state index in [1.54, 1.807) is 5.57 Å². The van der Waals surface area contributed by atoms with Crippen LogP contribution in [0, 0.1) is 17.8 Å². The molecule has 0 aliphatic heterocycles. The Bertz CT molecular complexity index is 302. The van der Waals surface area contributed by atoms with E-state index in [9.17, 15) is 4.79 Å². The van der Waals surface area contributed by atoms with Gasteiger partial charge in [-0.1, -0.05) is 18.1 Å². The normalized spacial score (nSPS) is 40.4. The second-order valence-electron chi connectivity index (χ2n) is 5.51. The second-order valence-corrected chi connectivity index (χ2v) is 5.51. The van der Waals surface area contributed by atoms with Crippen molar-refractivity contribution in [2.24, 2.45) is 17.8 Å². The summed E-state index contributed by atoms with van der Waals surface area (Å²) in [6.45, 7) is 0. The van der Waals surface area contributed by atoms with Crippen molar-refractivity contribution in [2.45, 2.75) is 51.4 Å². The van der Waals surface area contributed by atoms with E-state index in [1.165, 1.54) is 38.5 Å². The van der Waals surface area contributed by atoms with Crippen molar-refractivity contribution in [1.82, 2.24) is 0 Å². The quantitative estimate of drug-likeness (QED) is 0.552. The highest BCUT2D eigenvalue weighted by molar-refractivity contribution is 5.83. The number of carbonyl (C=O) groups excluding carboxylic acids is 1. The molecule has 2 saturated carbocycles. The Labute approximate surface area is 91.9 Å². The van der Waals surface area contributed by atoms with Gasteiger partial charge in [-0.2, -0.15) is 0 Å². The maximum atomic E-state index is 12.1. The van der Waals surface area contributed by atoms with E-state index in [4.69, 9.17) is 0 Å². The number of hydrogen-bond acceptors (Lipinski definition) is 1. The summed E-state index contributed by atoms with van der Waals surface area (Å²) in [7, 11) is 0. The minimum atomic E-state index is 0.430. The fourth-order valence-electron chi connectivity index (χ4n) is 4.00. The molecule has 0 heterocycles. The molecule has 15 heavy (non-hydrogen) atoms. The van der Waals surface area contributed by atoms with Crippen LogP contribution in [0.1, 0.15) is 51.4 Å². The molecule has 0 saturated heterocycles. The van der Waals surface area contributed by atoms with E-state index in [0.717, 1.165) is 12.8 Å². The molecule has 3 rings (SSSR count). The molecule has 0 spiro atoms. The summed E-state index contributed by atoms with van der Waals surface area (Å²) in [5.41, 5.74) is 1.64. The van der Waals surface area contributed by atoms with Gasteiger partial charge in [-0.15, -0.1) is 0 Å². The number of fused-ring (bicyclic) bond motifs is 3. The van der Waals surface area contributed by atoms with E-state index in [1.807, 2.05) is 0 Å². The number of allylic oxidation sites excluding steroid dienone is 2. The predicted molar refractivity (Wildman–Crippen MR) is 60.5 cm³/mol. The molecule has 82 valence electrons. The van der Waals surface area contributed by atoms with Gasteiger partial charge in [0.15, 0.2) is 0 Å². The highest BCUT2D eigenvalue weighted by Gasteiger charge is 2.41. The Morgan fingerprint density at radius 1 is 1.07 bits per heavy atom. The molecule has 0 aromatic carbocycles. The molecule has 3 aliphatic rings. The first kappa shape index (κ1) is 9.62. The molecule has 3 aliphatic carbocycles. The van der Waals surface area contributed by atoms with Crippen LogP contribution in [0.3, 0.4) is 0 Å². The fourth-order valence-corrected chi connectivity index (χ4v) is 4.00. The van der Waals surface area contributed by atoms with Crippen LogP contribution in [0.15, 0.2) is 11.6 Å². The van der Waals surface area contributed by atoms with Crippen LogP contribution in [0.5, 0.6) is 0 Å². The van der Waals surface area contributed by atoms with Gasteiger partial charge >= 0.3 is 0 Å². The first-order valence-corrected chi connectivity index (χ1v) is 6.58. The molecule has 0 N–H and O–H groups in total. The van der Waals surface area contributed by atoms with Crippen molar-refractivity contribution in [3.05, 3.63) is 11.6 Å². The highest BCUT2D eigenvalue weighted by Crippen LogP contribution is 2.47. The maximum Gasteiger partial charge on any atom is 0.136 e. The number of hydrogen-bond donors (Lipinski definition) is 0. The molecule has 0 aromatic heterocycles. The standard InChI is InChI=1S/C14H20O/c15-13-7-3-5-11-9-8-10-4-1-2-6-12(10)14(11)13/h8,11-12,14H,1-7,9H2/t11-,12+,14-/m1/s1. The van der Waals surface area contributed by atoms with E-state index < -0.39 is 0 Å². The fraction of sp³-hybridized carbons (Fsp3) is 0.786. The molecule has 0 aromatic rings. The third-order valence-electron chi connectivity index (χ3n) is 4.70. The number of Topliss-reactive ketones (excluding diaryl/α,β-unsaturated/α-hetero) is 1. The molecule has 3 atom stereocenters. The SMILES string of the molecule is O=C1CCC[C@@H]2CC=C3CCCC[C@@H]3[C@H]12.